The van der Waals surface area contributed by atoms with Gasteiger partial charge in [-0.05, 0) is 68.8 Å². The summed E-state index contributed by atoms with van der Waals surface area (Å²) < 4.78 is 137. The van der Waals surface area contributed by atoms with Crippen molar-refractivity contribution in [2.24, 2.45) is 0 Å². The topological polar surface area (TPSA) is 6.48 Å². The zero-order chi connectivity index (χ0) is 49.5. The molecule has 0 N–H and O–H groups in total. The molecule has 0 atom stereocenters. The molecule has 0 spiro atoms. The van der Waals surface area contributed by atoms with E-state index in [1.807, 2.05) is 121 Å². The van der Waals surface area contributed by atoms with Gasteiger partial charge in [-0.2, -0.15) is 0 Å². The lowest BCUT2D eigenvalue weighted by Crippen LogP contribution is -2.38. The summed E-state index contributed by atoms with van der Waals surface area (Å²) >= 11 is 0. The van der Waals surface area contributed by atoms with E-state index in [9.17, 15) is 0 Å². The van der Waals surface area contributed by atoms with Crippen molar-refractivity contribution < 1.29 is 35.1 Å². The second kappa shape index (κ2) is 17.0. The first-order valence-electron chi connectivity index (χ1n) is 23.1. The number of fused-ring (bicyclic) bond motifs is 4. The minimum atomic E-state index is -2.28. The lowest BCUT2D eigenvalue weighted by molar-refractivity contribution is 0.444. The van der Waals surface area contributed by atoms with E-state index in [1.54, 1.807) is 72.8 Å². The molecule has 2 aliphatic heterocycles. The average Bonchev–Trinajstić information content (AvgIpc) is 3.43. The number of halogens is 8. The van der Waals surface area contributed by atoms with E-state index in [0.717, 1.165) is 32.1 Å². The molecule has 10 aromatic rings. The van der Waals surface area contributed by atoms with Crippen LogP contribution in [0.15, 0.2) is 218 Å². The van der Waals surface area contributed by atoms with Crippen molar-refractivity contribution in [3.05, 3.63) is 309 Å². The molecule has 0 aromatic heterocycles. The van der Waals surface area contributed by atoms with Crippen LogP contribution in [0.5, 0.6) is 0 Å². The Hall–Kier alpha value is -8.76. The van der Waals surface area contributed by atoms with Crippen LogP contribution in [0.4, 0.5) is 69.2 Å². The molecule has 0 saturated heterocycles. The first-order valence-corrected chi connectivity index (χ1v) is 23.1. The molecule has 0 amide bonds. The maximum Gasteiger partial charge on any atom is 0.186 e. The zero-order valence-electron chi connectivity index (χ0n) is 37.7. The van der Waals surface area contributed by atoms with Crippen molar-refractivity contribution in [3.8, 4) is 11.1 Å². The second-order valence-corrected chi connectivity index (χ2v) is 17.7. The molecule has 10 heteroatoms. The first kappa shape index (κ1) is 44.4. The summed E-state index contributed by atoms with van der Waals surface area (Å²) in [7, 11) is 0. The number of hydrogen-bond donors (Lipinski definition) is 0. The van der Waals surface area contributed by atoms with Crippen LogP contribution in [-0.4, -0.2) is 0 Å². The number of nitrogens with zero attached hydrogens (tertiary/aromatic N) is 2. The SMILES string of the molecule is Fc1c(F)c(N2c3ccccc3C(c3ccccc3)(c3ccccc3)c3ccccc32)c(F)c(F)c1-c1c(F)c(F)c(N2c3ccccc3C(c3ccccc3)(c3ccccc3)c3ccccc32)c(F)c1F. The smallest absolute Gasteiger partial charge is 0.186 e. The van der Waals surface area contributed by atoms with Crippen LogP contribution in [0.3, 0.4) is 0 Å². The van der Waals surface area contributed by atoms with Crippen LogP contribution < -0.4 is 9.80 Å². The van der Waals surface area contributed by atoms with E-state index < -0.39 is 79.9 Å². The van der Waals surface area contributed by atoms with Crippen molar-refractivity contribution in [3.63, 3.8) is 0 Å². The number of benzene rings is 10. The average molecular weight is 961 g/mol. The molecule has 0 bridgehead atoms. The number of rotatable bonds is 7. The van der Waals surface area contributed by atoms with Gasteiger partial charge in [0.05, 0.1) is 44.7 Å². The molecular formula is C62H36F8N2. The van der Waals surface area contributed by atoms with Gasteiger partial charge in [0.1, 0.15) is 11.4 Å². The van der Waals surface area contributed by atoms with Crippen LogP contribution in [0.1, 0.15) is 44.5 Å². The molecule has 2 nitrogen and oxygen atoms in total. The highest BCUT2D eigenvalue weighted by Crippen LogP contribution is 2.61. The van der Waals surface area contributed by atoms with Gasteiger partial charge in [-0.1, -0.05) is 194 Å². The van der Waals surface area contributed by atoms with Crippen LogP contribution >= 0.6 is 0 Å². The number of hydrogen-bond acceptors (Lipinski definition) is 2. The van der Waals surface area contributed by atoms with Crippen molar-refractivity contribution >= 4 is 34.1 Å². The minimum absolute atomic E-state index is 0.123. The zero-order valence-corrected chi connectivity index (χ0v) is 37.7. The summed E-state index contributed by atoms with van der Waals surface area (Å²) in [6.07, 6.45) is 0. The molecule has 12 rings (SSSR count). The van der Waals surface area contributed by atoms with Crippen molar-refractivity contribution in [2.45, 2.75) is 10.8 Å². The fourth-order valence-electron chi connectivity index (χ4n) is 11.4. The highest BCUT2D eigenvalue weighted by Gasteiger charge is 2.50. The maximum absolute atomic E-state index is 17.3. The van der Waals surface area contributed by atoms with Crippen molar-refractivity contribution in [1.29, 1.82) is 0 Å². The molecule has 0 fully saturated rings. The van der Waals surface area contributed by atoms with Gasteiger partial charge < -0.3 is 9.80 Å². The van der Waals surface area contributed by atoms with Crippen molar-refractivity contribution in [2.75, 3.05) is 9.80 Å². The Labute approximate surface area is 409 Å². The van der Waals surface area contributed by atoms with E-state index >= 15 is 35.1 Å². The number of para-hydroxylation sites is 4. The second-order valence-electron chi connectivity index (χ2n) is 17.7. The standard InChI is InChI=1S/C62H36F8N2/c63-51-49(52(64)56(68)59(55(51)67)71-45-33-17-13-29-41(45)61(37-21-5-1-6-22-37,38-23-7-2-8-24-38)42-30-14-18-34-46(42)71)50-53(65)57(69)60(58(70)54(50)66)72-47-35-19-15-31-43(47)62(39-25-9-3-10-26-39,40-27-11-4-12-28-40)44-32-16-20-36-48(44)72/h1-36H. The molecule has 0 saturated carbocycles. The highest BCUT2D eigenvalue weighted by molar-refractivity contribution is 5.93. The summed E-state index contributed by atoms with van der Waals surface area (Å²) in [6.45, 7) is 0. The molecule has 0 radical (unpaired) electrons. The molecule has 2 heterocycles. The van der Waals surface area contributed by atoms with Gasteiger partial charge in [0.15, 0.2) is 46.5 Å². The molecule has 72 heavy (non-hydrogen) atoms. The van der Waals surface area contributed by atoms with Crippen molar-refractivity contribution in [1.82, 2.24) is 0 Å². The lowest BCUT2D eigenvalue weighted by atomic mass is 9.62. The fourth-order valence-corrected chi connectivity index (χ4v) is 11.4. The van der Waals surface area contributed by atoms with Crippen LogP contribution in [-0.2, 0) is 10.8 Å². The monoisotopic (exact) mass is 960 g/mol. The third-order valence-corrected chi connectivity index (χ3v) is 14.2. The Bertz CT molecular complexity index is 3270. The first-order chi connectivity index (χ1) is 35.1. The molecular weight excluding hydrogens is 925 g/mol. The Morgan fingerprint density at radius 1 is 0.222 bits per heavy atom. The van der Waals surface area contributed by atoms with Gasteiger partial charge in [-0.15, -0.1) is 0 Å². The third kappa shape index (κ3) is 6.08. The quantitative estimate of drug-likeness (QED) is 0.116. The maximum atomic E-state index is 17.3. The van der Waals surface area contributed by atoms with Gasteiger partial charge >= 0.3 is 0 Å². The Morgan fingerprint density at radius 3 is 0.639 bits per heavy atom. The van der Waals surface area contributed by atoms with E-state index in [0.29, 0.717) is 22.3 Å². The highest BCUT2D eigenvalue weighted by atomic mass is 19.2. The summed E-state index contributed by atoms with van der Waals surface area (Å²) in [5, 5.41) is 0. The van der Waals surface area contributed by atoms with E-state index in [1.165, 1.54) is 24.3 Å². The number of anilines is 6. The molecule has 0 unspecified atom stereocenters. The van der Waals surface area contributed by atoms with E-state index in [2.05, 4.69) is 0 Å². The molecule has 10 aromatic carbocycles. The normalized spacial score (nSPS) is 14.0. The lowest BCUT2D eigenvalue weighted by Gasteiger charge is -2.46. The Balaban J connectivity index is 1.05. The molecule has 2 aliphatic rings. The van der Waals surface area contributed by atoms with Gasteiger partial charge in [0.25, 0.3) is 0 Å². The largest absolute Gasteiger partial charge is 0.304 e. The van der Waals surface area contributed by atoms with Gasteiger partial charge in [-0.25, -0.2) is 35.1 Å². The Morgan fingerprint density at radius 2 is 0.417 bits per heavy atom. The predicted molar refractivity (Wildman–Crippen MR) is 265 cm³/mol. The summed E-state index contributed by atoms with van der Waals surface area (Å²) in [5.74, 6) is -17.4. The van der Waals surface area contributed by atoms with E-state index in [-0.39, 0.29) is 22.7 Å². The summed E-state index contributed by atoms with van der Waals surface area (Å²) in [4.78, 5) is 2.03. The van der Waals surface area contributed by atoms with Gasteiger partial charge in [0, 0.05) is 0 Å². The van der Waals surface area contributed by atoms with Crippen LogP contribution in [0.2, 0.25) is 0 Å². The van der Waals surface area contributed by atoms with Gasteiger partial charge in [-0.3, -0.25) is 0 Å². The Kier molecular flexibility index (Phi) is 10.5. The van der Waals surface area contributed by atoms with Crippen LogP contribution in [0, 0.1) is 46.5 Å². The molecule has 350 valence electrons. The summed E-state index contributed by atoms with van der Waals surface area (Å²) in [6, 6.07) is 63.9. The van der Waals surface area contributed by atoms with Gasteiger partial charge in [0.2, 0.25) is 0 Å². The van der Waals surface area contributed by atoms with Crippen LogP contribution in [0.25, 0.3) is 11.1 Å². The molecule has 0 aliphatic carbocycles. The van der Waals surface area contributed by atoms with E-state index in [4.69, 9.17) is 0 Å². The fraction of sp³-hybridized carbons (Fsp3) is 0.0323. The summed E-state index contributed by atoms with van der Waals surface area (Å²) in [5.41, 5.74) is -3.26. The minimum Gasteiger partial charge on any atom is -0.304 e. The third-order valence-electron chi connectivity index (χ3n) is 14.2. The predicted octanol–water partition coefficient (Wildman–Crippen LogP) is 16.8.